The molecule has 0 bridgehead atoms. The summed E-state index contributed by atoms with van der Waals surface area (Å²) < 4.78 is 1.75. The van der Waals surface area contributed by atoms with Gasteiger partial charge in [-0.2, -0.15) is 0 Å². The predicted molar refractivity (Wildman–Crippen MR) is 73.0 cm³/mol. The van der Waals surface area contributed by atoms with E-state index in [0.29, 0.717) is 17.3 Å². The first kappa shape index (κ1) is 12.2. The largest absolute Gasteiger partial charge is 0.398 e. The highest BCUT2D eigenvalue weighted by Gasteiger charge is 2.08. The molecule has 1 aromatic heterocycles. The van der Waals surface area contributed by atoms with Gasteiger partial charge in [-0.3, -0.25) is 9.36 Å². The second-order valence-electron chi connectivity index (χ2n) is 3.95. The maximum absolute atomic E-state index is 11.7. The van der Waals surface area contributed by atoms with Gasteiger partial charge in [0, 0.05) is 10.6 Å². The van der Waals surface area contributed by atoms with Crippen molar-refractivity contribution in [2.75, 3.05) is 5.73 Å². The smallest absolute Gasteiger partial charge is 0.307 e. The molecule has 17 heavy (non-hydrogen) atoms. The molecule has 90 valence electrons. The first-order chi connectivity index (χ1) is 7.99. The van der Waals surface area contributed by atoms with Crippen molar-refractivity contribution >= 4 is 28.6 Å². The molecule has 0 spiro atoms. The maximum atomic E-state index is 11.7. The van der Waals surface area contributed by atoms with E-state index in [0.717, 1.165) is 16.1 Å². The Kier molecular flexibility index (Phi) is 3.26. The fraction of sp³-hybridized carbons (Fsp3) is 0.250. The van der Waals surface area contributed by atoms with Crippen LogP contribution in [-0.2, 0) is 6.54 Å². The van der Waals surface area contributed by atoms with Crippen molar-refractivity contribution in [1.82, 2.24) is 4.57 Å². The highest BCUT2D eigenvalue weighted by atomic mass is 35.5. The van der Waals surface area contributed by atoms with E-state index < -0.39 is 0 Å². The topological polar surface area (TPSA) is 48.0 Å². The zero-order chi connectivity index (χ0) is 12.6. The summed E-state index contributed by atoms with van der Waals surface area (Å²) in [5.74, 6) is 0. The molecule has 0 fully saturated rings. The molecule has 2 N–H and O–H groups in total. The molecule has 1 heterocycles. The number of nitrogens with zero attached hydrogens (tertiary/aromatic N) is 1. The molecule has 0 amide bonds. The Bertz CT molecular complexity index is 615. The number of nitrogen functional groups attached to an aromatic ring is 1. The molecule has 0 aliphatic carbocycles. The SMILES string of the molecule is Cc1sc(=O)n(Cc2ccc(Cl)c(N)c2)c1C. The summed E-state index contributed by atoms with van der Waals surface area (Å²) in [6.45, 7) is 4.44. The van der Waals surface area contributed by atoms with Gasteiger partial charge in [0.1, 0.15) is 0 Å². The van der Waals surface area contributed by atoms with Crippen LogP contribution in [0.4, 0.5) is 5.69 Å². The number of aromatic nitrogens is 1. The highest BCUT2D eigenvalue weighted by molar-refractivity contribution is 7.09. The Morgan fingerprint density at radius 3 is 2.65 bits per heavy atom. The normalized spacial score (nSPS) is 10.8. The Morgan fingerprint density at radius 2 is 2.12 bits per heavy atom. The number of anilines is 1. The van der Waals surface area contributed by atoms with Crippen LogP contribution in [0, 0.1) is 13.8 Å². The first-order valence-electron chi connectivity index (χ1n) is 5.20. The molecule has 0 saturated heterocycles. The predicted octanol–water partition coefficient (Wildman–Crippen LogP) is 2.81. The standard InChI is InChI=1S/C12H13ClN2OS/c1-7-8(2)17-12(16)15(7)6-9-3-4-10(13)11(14)5-9/h3-5H,6,14H2,1-2H3. The third-order valence-electron chi connectivity index (χ3n) is 2.78. The lowest BCUT2D eigenvalue weighted by atomic mass is 10.2. The Hall–Kier alpha value is -1.26. The zero-order valence-corrected chi connectivity index (χ0v) is 11.2. The van der Waals surface area contributed by atoms with Crippen molar-refractivity contribution in [2.45, 2.75) is 20.4 Å². The second-order valence-corrected chi connectivity index (χ2v) is 5.52. The summed E-state index contributed by atoms with van der Waals surface area (Å²) in [6.07, 6.45) is 0. The number of nitrogens with two attached hydrogens (primary N) is 1. The third kappa shape index (κ3) is 2.37. The average Bonchev–Trinajstić information content (AvgIpc) is 2.50. The van der Waals surface area contributed by atoms with Crippen molar-refractivity contribution < 1.29 is 0 Å². The van der Waals surface area contributed by atoms with Crippen LogP contribution in [0.15, 0.2) is 23.0 Å². The fourth-order valence-electron chi connectivity index (χ4n) is 1.64. The molecule has 1 aromatic carbocycles. The van der Waals surface area contributed by atoms with E-state index in [9.17, 15) is 4.79 Å². The minimum Gasteiger partial charge on any atom is -0.398 e. The van der Waals surface area contributed by atoms with Crippen molar-refractivity contribution in [3.05, 3.63) is 49.0 Å². The summed E-state index contributed by atoms with van der Waals surface area (Å²) in [6, 6.07) is 5.45. The first-order valence-corrected chi connectivity index (χ1v) is 6.39. The molecule has 2 aromatic rings. The summed E-state index contributed by atoms with van der Waals surface area (Å²) in [4.78, 5) is 12.9. The highest BCUT2D eigenvalue weighted by Crippen LogP contribution is 2.20. The van der Waals surface area contributed by atoms with Crippen LogP contribution in [0.5, 0.6) is 0 Å². The van der Waals surface area contributed by atoms with Gasteiger partial charge in [0.05, 0.1) is 17.3 Å². The second kappa shape index (κ2) is 4.55. The van der Waals surface area contributed by atoms with Gasteiger partial charge in [0.15, 0.2) is 0 Å². The molecular formula is C12H13ClN2OS. The van der Waals surface area contributed by atoms with Gasteiger partial charge >= 0.3 is 4.87 Å². The molecular weight excluding hydrogens is 256 g/mol. The van der Waals surface area contributed by atoms with Crippen LogP contribution < -0.4 is 10.6 Å². The molecule has 0 aliphatic heterocycles. The molecule has 0 aliphatic rings. The molecule has 3 nitrogen and oxygen atoms in total. The Labute approximate surface area is 108 Å². The van der Waals surface area contributed by atoms with Gasteiger partial charge in [-0.1, -0.05) is 29.0 Å². The van der Waals surface area contributed by atoms with E-state index in [-0.39, 0.29) is 4.87 Å². The lowest BCUT2D eigenvalue weighted by molar-refractivity contribution is 0.752. The molecule has 0 radical (unpaired) electrons. The zero-order valence-electron chi connectivity index (χ0n) is 9.66. The molecule has 0 atom stereocenters. The van der Waals surface area contributed by atoms with Crippen LogP contribution in [0.25, 0.3) is 0 Å². The minimum atomic E-state index is 0.0634. The van der Waals surface area contributed by atoms with E-state index in [2.05, 4.69) is 0 Å². The van der Waals surface area contributed by atoms with Crippen LogP contribution in [-0.4, -0.2) is 4.57 Å². The number of benzene rings is 1. The Balaban J connectivity index is 2.38. The maximum Gasteiger partial charge on any atom is 0.307 e. The summed E-state index contributed by atoms with van der Waals surface area (Å²) in [7, 11) is 0. The minimum absolute atomic E-state index is 0.0634. The number of halogens is 1. The lowest BCUT2D eigenvalue weighted by Crippen LogP contribution is -2.15. The van der Waals surface area contributed by atoms with Crippen LogP contribution >= 0.6 is 22.9 Å². The van der Waals surface area contributed by atoms with E-state index in [1.807, 2.05) is 19.9 Å². The van der Waals surface area contributed by atoms with Gasteiger partial charge in [-0.15, -0.1) is 0 Å². The van der Waals surface area contributed by atoms with Gasteiger partial charge in [0.2, 0.25) is 0 Å². The lowest BCUT2D eigenvalue weighted by Gasteiger charge is -2.07. The van der Waals surface area contributed by atoms with Gasteiger partial charge in [-0.05, 0) is 31.5 Å². The quantitative estimate of drug-likeness (QED) is 0.852. The van der Waals surface area contributed by atoms with Crippen molar-refractivity contribution in [1.29, 1.82) is 0 Å². The molecule has 5 heteroatoms. The van der Waals surface area contributed by atoms with Crippen LogP contribution in [0.2, 0.25) is 5.02 Å². The van der Waals surface area contributed by atoms with Crippen LogP contribution in [0.3, 0.4) is 0 Å². The summed E-state index contributed by atoms with van der Waals surface area (Å²) >= 11 is 7.13. The average molecular weight is 269 g/mol. The molecule has 0 unspecified atom stereocenters. The fourth-order valence-corrected chi connectivity index (χ4v) is 2.59. The number of rotatable bonds is 2. The van der Waals surface area contributed by atoms with Crippen molar-refractivity contribution in [2.24, 2.45) is 0 Å². The number of hydrogen-bond donors (Lipinski definition) is 1. The Morgan fingerprint density at radius 1 is 1.41 bits per heavy atom. The number of aryl methyl sites for hydroxylation is 1. The van der Waals surface area contributed by atoms with Crippen molar-refractivity contribution in [3.8, 4) is 0 Å². The number of thiazole rings is 1. The summed E-state index contributed by atoms with van der Waals surface area (Å²) in [5.41, 5.74) is 8.27. The third-order valence-corrected chi connectivity index (χ3v) is 4.12. The monoisotopic (exact) mass is 268 g/mol. The number of hydrogen-bond acceptors (Lipinski definition) is 3. The molecule has 0 saturated carbocycles. The van der Waals surface area contributed by atoms with Crippen LogP contribution in [0.1, 0.15) is 16.1 Å². The van der Waals surface area contributed by atoms with E-state index >= 15 is 0 Å². The van der Waals surface area contributed by atoms with Gasteiger partial charge in [-0.25, -0.2) is 0 Å². The van der Waals surface area contributed by atoms with E-state index in [1.54, 1.807) is 16.7 Å². The molecule has 2 rings (SSSR count). The summed E-state index contributed by atoms with van der Waals surface area (Å²) in [5, 5.41) is 0.541. The van der Waals surface area contributed by atoms with Gasteiger partial charge < -0.3 is 5.73 Å². The van der Waals surface area contributed by atoms with E-state index in [1.165, 1.54) is 11.3 Å². The van der Waals surface area contributed by atoms with Gasteiger partial charge in [0.25, 0.3) is 0 Å². The van der Waals surface area contributed by atoms with E-state index in [4.69, 9.17) is 17.3 Å². The van der Waals surface area contributed by atoms with Crippen molar-refractivity contribution in [3.63, 3.8) is 0 Å².